The maximum Gasteiger partial charge on any atom is 0.246 e. The molecule has 4 heteroatoms. The number of amides is 1. The topological polar surface area (TPSA) is 38.3 Å². The van der Waals surface area contributed by atoms with Gasteiger partial charge in [0.05, 0.1) is 6.10 Å². The summed E-state index contributed by atoms with van der Waals surface area (Å²) in [6.45, 7) is 4.63. The van der Waals surface area contributed by atoms with E-state index >= 15 is 0 Å². The van der Waals surface area contributed by atoms with Crippen molar-refractivity contribution in [2.24, 2.45) is 5.92 Å². The molecule has 3 saturated carbocycles. The molecule has 35 heavy (non-hydrogen) atoms. The lowest BCUT2D eigenvalue weighted by atomic mass is 9.49. The average molecular weight is 487 g/mol. The van der Waals surface area contributed by atoms with Crippen molar-refractivity contribution in [2.45, 2.75) is 178 Å². The minimum Gasteiger partial charge on any atom is -0.368 e. The average Bonchev–Trinajstić information content (AvgIpc) is 2.75. The Balaban J connectivity index is 1.30. The van der Waals surface area contributed by atoms with Gasteiger partial charge in [-0.25, -0.2) is 0 Å². The molecule has 0 aromatic heterocycles. The fraction of sp³-hybridized carbons (Fsp3) is 0.968. The summed E-state index contributed by atoms with van der Waals surface area (Å²) in [5.41, 5.74) is -0.141. The van der Waals surface area contributed by atoms with Crippen molar-refractivity contribution >= 4 is 13.2 Å². The number of carbonyl (C=O) groups is 1. The summed E-state index contributed by atoms with van der Waals surface area (Å²) in [4.78, 5) is 12.6. The van der Waals surface area contributed by atoms with Crippen LogP contribution in [-0.2, 0) is 9.53 Å². The molecule has 0 bridgehead atoms. The van der Waals surface area contributed by atoms with Gasteiger partial charge in [0, 0.05) is 5.54 Å². The number of hydrogen-bond donors (Lipinski definition) is 1. The van der Waals surface area contributed by atoms with E-state index in [9.17, 15) is 4.79 Å². The molecule has 3 aliphatic rings. The van der Waals surface area contributed by atoms with Gasteiger partial charge in [0.25, 0.3) is 0 Å². The zero-order valence-corrected chi connectivity index (χ0v) is 23.5. The SMILES string of the molecule is CC(C)(CCC1CCCC([B]C2CCCCCCC2)CCC1)NC(=O)COC1CCCCCCC1. The molecule has 1 amide bonds. The Kier molecular flexibility index (Phi) is 13.6. The van der Waals surface area contributed by atoms with Crippen molar-refractivity contribution in [3.8, 4) is 0 Å². The van der Waals surface area contributed by atoms with Crippen molar-refractivity contribution in [3.63, 3.8) is 0 Å². The molecule has 0 saturated heterocycles. The predicted molar refractivity (Wildman–Crippen MR) is 150 cm³/mol. The molecule has 0 unspecified atom stereocenters. The van der Waals surface area contributed by atoms with Crippen LogP contribution >= 0.6 is 0 Å². The van der Waals surface area contributed by atoms with Gasteiger partial charge >= 0.3 is 0 Å². The van der Waals surface area contributed by atoms with Crippen LogP contribution in [0.25, 0.3) is 0 Å². The Labute approximate surface area is 218 Å². The fourth-order valence-electron chi connectivity index (χ4n) is 6.99. The number of hydrogen-bond acceptors (Lipinski definition) is 2. The summed E-state index contributed by atoms with van der Waals surface area (Å²) in [6.07, 6.45) is 29.9. The Morgan fingerprint density at radius 3 is 1.77 bits per heavy atom. The Morgan fingerprint density at radius 2 is 1.20 bits per heavy atom. The standard InChI is InChI=1S/C31H57BNO2/c1-31(2,33-30(34)25-35-29-21-11-7-4-8-12-22-29)24-23-26-15-13-19-28(20-14-16-26)32-27-17-9-5-3-6-10-18-27/h26-29H,3-25H2,1-2H3,(H,33,34). The maximum absolute atomic E-state index is 12.6. The molecular weight excluding hydrogens is 429 g/mol. The second-order valence-corrected chi connectivity index (χ2v) is 13.0. The van der Waals surface area contributed by atoms with Crippen LogP contribution in [0.15, 0.2) is 0 Å². The molecule has 0 aromatic carbocycles. The molecule has 0 aliphatic heterocycles. The first kappa shape index (κ1) is 29.1. The number of nitrogens with one attached hydrogen (secondary N) is 1. The molecule has 3 rings (SSSR count). The molecule has 3 aliphatic carbocycles. The second-order valence-electron chi connectivity index (χ2n) is 13.0. The molecular formula is C31H57BNO2. The fourth-order valence-corrected chi connectivity index (χ4v) is 6.99. The molecule has 0 atom stereocenters. The largest absolute Gasteiger partial charge is 0.368 e. The molecule has 3 nitrogen and oxygen atoms in total. The molecule has 3 fully saturated rings. The van der Waals surface area contributed by atoms with E-state index in [1.807, 2.05) is 0 Å². The van der Waals surface area contributed by atoms with Gasteiger partial charge < -0.3 is 10.1 Å². The summed E-state index contributed by atoms with van der Waals surface area (Å²) in [5, 5.41) is 3.28. The van der Waals surface area contributed by atoms with Crippen LogP contribution < -0.4 is 5.32 Å². The van der Waals surface area contributed by atoms with Gasteiger partial charge in [-0.1, -0.05) is 127 Å². The highest BCUT2D eigenvalue weighted by molar-refractivity contribution is 6.39. The molecule has 1 N–H and O–H groups in total. The van der Waals surface area contributed by atoms with Crippen LogP contribution in [0, 0.1) is 5.92 Å². The zero-order chi connectivity index (χ0) is 24.8. The zero-order valence-electron chi connectivity index (χ0n) is 23.5. The van der Waals surface area contributed by atoms with Crippen LogP contribution in [0.5, 0.6) is 0 Å². The van der Waals surface area contributed by atoms with E-state index in [2.05, 4.69) is 26.4 Å². The van der Waals surface area contributed by atoms with Crippen molar-refractivity contribution in [1.82, 2.24) is 5.32 Å². The lowest BCUT2D eigenvalue weighted by Gasteiger charge is -2.31. The molecule has 0 spiro atoms. The van der Waals surface area contributed by atoms with Crippen molar-refractivity contribution in [2.75, 3.05) is 6.61 Å². The molecule has 0 aromatic rings. The summed E-state index contributed by atoms with van der Waals surface area (Å²) >= 11 is 0. The Bertz CT molecular complexity index is 554. The van der Waals surface area contributed by atoms with Crippen molar-refractivity contribution in [1.29, 1.82) is 0 Å². The van der Waals surface area contributed by atoms with Gasteiger partial charge in [-0.2, -0.15) is 0 Å². The summed E-state index contributed by atoms with van der Waals surface area (Å²) in [6, 6.07) is 0. The lowest BCUT2D eigenvalue weighted by molar-refractivity contribution is -0.129. The van der Waals surface area contributed by atoms with Gasteiger partial charge in [0.15, 0.2) is 0 Å². The number of ether oxygens (including phenoxy) is 1. The molecule has 0 heterocycles. The molecule has 1 radical (unpaired) electrons. The minimum absolute atomic E-state index is 0.0716. The van der Waals surface area contributed by atoms with E-state index in [0.29, 0.717) is 0 Å². The van der Waals surface area contributed by atoms with E-state index in [1.54, 1.807) is 0 Å². The monoisotopic (exact) mass is 486 g/mol. The van der Waals surface area contributed by atoms with Crippen molar-refractivity contribution < 1.29 is 9.53 Å². The van der Waals surface area contributed by atoms with Crippen LogP contribution in [0.3, 0.4) is 0 Å². The normalized spacial score (nSPS) is 26.9. The van der Waals surface area contributed by atoms with Gasteiger partial charge in [-0.3, -0.25) is 4.79 Å². The van der Waals surface area contributed by atoms with Gasteiger partial charge in [-0.15, -0.1) is 0 Å². The van der Waals surface area contributed by atoms with Gasteiger partial charge in [-0.05, 0) is 45.4 Å². The quantitative estimate of drug-likeness (QED) is 0.331. The maximum atomic E-state index is 12.6. The van der Waals surface area contributed by atoms with E-state index in [-0.39, 0.29) is 24.2 Å². The first-order valence-electron chi connectivity index (χ1n) is 15.8. The van der Waals surface area contributed by atoms with Crippen LogP contribution in [0.1, 0.15) is 155 Å². The van der Waals surface area contributed by atoms with E-state index in [1.165, 1.54) is 122 Å². The first-order chi connectivity index (χ1) is 17.0. The van der Waals surface area contributed by atoms with Crippen LogP contribution in [0.4, 0.5) is 0 Å². The van der Waals surface area contributed by atoms with E-state index < -0.39 is 0 Å². The first-order valence-corrected chi connectivity index (χ1v) is 15.8. The Hall–Kier alpha value is -0.505. The number of carbonyl (C=O) groups excluding carboxylic acids is 1. The summed E-state index contributed by atoms with van der Waals surface area (Å²) in [5.74, 6) is 2.67. The third-order valence-electron chi connectivity index (χ3n) is 9.23. The second kappa shape index (κ2) is 16.4. The Morgan fingerprint density at radius 1 is 0.714 bits per heavy atom. The third-order valence-corrected chi connectivity index (χ3v) is 9.23. The number of rotatable bonds is 9. The van der Waals surface area contributed by atoms with Gasteiger partial charge in [0.1, 0.15) is 13.9 Å². The van der Waals surface area contributed by atoms with Gasteiger partial charge in [0.2, 0.25) is 5.91 Å². The lowest BCUT2D eigenvalue weighted by Crippen LogP contribution is -2.45. The molecule has 201 valence electrons. The van der Waals surface area contributed by atoms with Crippen LogP contribution in [-0.4, -0.2) is 31.4 Å². The predicted octanol–water partition coefficient (Wildman–Crippen LogP) is 8.79. The summed E-state index contributed by atoms with van der Waals surface area (Å²) in [7, 11) is 2.79. The third kappa shape index (κ3) is 12.5. The highest BCUT2D eigenvalue weighted by Gasteiger charge is 2.25. The highest BCUT2D eigenvalue weighted by atomic mass is 16.5. The van der Waals surface area contributed by atoms with Crippen molar-refractivity contribution in [3.05, 3.63) is 0 Å². The van der Waals surface area contributed by atoms with E-state index in [4.69, 9.17) is 4.74 Å². The summed E-state index contributed by atoms with van der Waals surface area (Å²) < 4.78 is 6.01. The minimum atomic E-state index is -0.141. The smallest absolute Gasteiger partial charge is 0.246 e. The van der Waals surface area contributed by atoms with E-state index in [0.717, 1.165) is 36.8 Å². The van der Waals surface area contributed by atoms with Crippen LogP contribution in [0.2, 0.25) is 11.6 Å². The highest BCUT2D eigenvalue weighted by Crippen LogP contribution is 2.36.